The number of carbonyl (C=O) groups excluding carboxylic acids is 1. The lowest BCUT2D eigenvalue weighted by Gasteiger charge is -2.08. The van der Waals surface area contributed by atoms with Crippen molar-refractivity contribution in [3.8, 4) is 10.6 Å². The number of hydrogen-bond acceptors (Lipinski definition) is 3. The molecule has 0 aliphatic heterocycles. The quantitative estimate of drug-likeness (QED) is 0.666. The first-order valence-corrected chi connectivity index (χ1v) is 9.09. The van der Waals surface area contributed by atoms with Gasteiger partial charge in [0.05, 0.1) is 17.7 Å². The lowest BCUT2D eigenvalue weighted by atomic mass is 10.1. The van der Waals surface area contributed by atoms with Crippen LogP contribution < -0.4 is 5.32 Å². The average molecular weight is 390 g/mol. The van der Waals surface area contributed by atoms with Crippen molar-refractivity contribution in [2.45, 2.75) is 26.1 Å². The predicted octanol–water partition coefficient (Wildman–Crippen LogP) is 5.00. The lowest BCUT2D eigenvalue weighted by Crippen LogP contribution is -2.25. The Balaban J connectivity index is 1.59. The normalized spacial score (nSPS) is 11.4. The summed E-state index contributed by atoms with van der Waals surface area (Å²) in [6.07, 6.45) is -4.23. The minimum atomic E-state index is -4.36. The zero-order valence-corrected chi connectivity index (χ0v) is 15.3. The summed E-state index contributed by atoms with van der Waals surface area (Å²) in [6.45, 7) is 2.09. The second-order valence-corrected chi connectivity index (χ2v) is 7.24. The SMILES string of the molecule is Cc1sc(-c2ccccc2)nc1CC(=O)NCc1ccc(C(F)(F)F)cc1. The van der Waals surface area contributed by atoms with E-state index in [1.165, 1.54) is 23.5 Å². The van der Waals surface area contributed by atoms with Crippen LogP contribution >= 0.6 is 11.3 Å². The van der Waals surface area contributed by atoms with Gasteiger partial charge in [-0.3, -0.25) is 4.79 Å². The van der Waals surface area contributed by atoms with Crippen LogP contribution in [0.4, 0.5) is 13.2 Å². The van der Waals surface area contributed by atoms with Gasteiger partial charge in [-0.1, -0.05) is 42.5 Å². The predicted molar refractivity (Wildman–Crippen MR) is 99.3 cm³/mol. The molecule has 0 aliphatic rings. The summed E-state index contributed by atoms with van der Waals surface area (Å²) in [4.78, 5) is 17.7. The Kier molecular flexibility index (Phi) is 5.60. The van der Waals surface area contributed by atoms with Crippen molar-refractivity contribution in [2.24, 2.45) is 0 Å². The Morgan fingerprint density at radius 3 is 2.37 bits per heavy atom. The molecule has 3 rings (SSSR count). The van der Waals surface area contributed by atoms with Crippen LogP contribution in [0.25, 0.3) is 10.6 Å². The zero-order valence-electron chi connectivity index (χ0n) is 14.5. The van der Waals surface area contributed by atoms with Crippen molar-refractivity contribution in [3.63, 3.8) is 0 Å². The van der Waals surface area contributed by atoms with Crippen LogP contribution in [0.2, 0.25) is 0 Å². The monoisotopic (exact) mass is 390 g/mol. The molecule has 1 N–H and O–H groups in total. The molecule has 0 atom stereocenters. The molecule has 0 radical (unpaired) electrons. The van der Waals surface area contributed by atoms with Gasteiger partial charge >= 0.3 is 6.18 Å². The van der Waals surface area contributed by atoms with Crippen molar-refractivity contribution < 1.29 is 18.0 Å². The van der Waals surface area contributed by atoms with E-state index in [-0.39, 0.29) is 18.9 Å². The fraction of sp³-hybridized carbons (Fsp3) is 0.200. The standard InChI is InChI=1S/C20H17F3N2OS/c1-13-17(25-19(27-13)15-5-3-2-4-6-15)11-18(26)24-12-14-7-9-16(10-8-14)20(21,22)23/h2-10H,11-12H2,1H3,(H,24,26). The van der Waals surface area contributed by atoms with Gasteiger partial charge in [0, 0.05) is 17.0 Å². The summed E-state index contributed by atoms with van der Waals surface area (Å²) in [5.41, 5.74) is 1.62. The largest absolute Gasteiger partial charge is 0.416 e. The lowest BCUT2D eigenvalue weighted by molar-refractivity contribution is -0.137. The molecular weight excluding hydrogens is 373 g/mol. The van der Waals surface area contributed by atoms with E-state index in [2.05, 4.69) is 10.3 Å². The number of rotatable bonds is 5. The zero-order chi connectivity index (χ0) is 19.4. The van der Waals surface area contributed by atoms with Crippen LogP contribution in [0.5, 0.6) is 0 Å². The van der Waals surface area contributed by atoms with Crippen LogP contribution in [0.3, 0.4) is 0 Å². The van der Waals surface area contributed by atoms with Crippen LogP contribution in [0.15, 0.2) is 54.6 Å². The van der Waals surface area contributed by atoms with Crippen LogP contribution in [0.1, 0.15) is 21.7 Å². The van der Waals surface area contributed by atoms with Crippen molar-refractivity contribution in [2.75, 3.05) is 0 Å². The average Bonchev–Trinajstić information content (AvgIpc) is 3.01. The van der Waals surface area contributed by atoms with Crippen molar-refractivity contribution in [1.82, 2.24) is 10.3 Å². The summed E-state index contributed by atoms with van der Waals surface area (Å²) in [6, 6.07) is 14.5. The highest BCUT2D eigenvalue weighted by Crippen LogP contribution is 2.29. The summed E-state index contributed by atoms with van der Waals surface area (Å²) >= 11 is 1.53. The molecule has 0 spiro atoms. The van der Waals surface area contributed by atoms with Gasteiger partial charge < -0.3 is 5.32 Å². The number of benzene rings is 2. The van der Waals surface area contributed by atoms with E-state index in [0.717, 1.165) is 27.6 Å². The number of nitrogens with one attached hydrogen (secondary N) is 1. The van der Waals surface area contributed by atoms with E-state index in [1.54, 1.807) is 0 Å². The maximum absolute atomic E-state index is 12.6. The molecule has 7 heteroatoms. The van der Waals surface area contributed by atoms with Crippen LogP contribution in [-0.4, -0.2) is 10.9 Å². The van der Waals surface area contributed by atoms with Gasteiger partial charge in [-0.2, -0.15) is 13.2 Å². The van der Waals surface area contributed by atoms with Crippen LogP contribution in [0, 0.1) is 6.92 Å². The highest BCUT2D eigenvalue weighted by molar-refractivity contribution is 7.15. The van der Waals surface area contributed by atoms with Gasteiger partial charge in [-0.15, -0.1) is 11.3 Å². The van der Waals surface area contributed by atoms with Crippen LogP contribution in [-0.2, 0) is 23.9 Å². The number of nitrogens with zero attached hydrogens (tertiary/aromatic N) is 1. The van der Waals surface area contributed by atoms with Crippen molar-refractivity contribution in [3.05, 3.63) is 76.3 Å². The number of aromatic nitrogens is 1. The molecule has 0 aliphatic carbocycles. The Morgan fingerprint density at radius 1 is 1.07 bits per heavy atom. The molecule has 1 heterocycles. The molecule has 0 unspecified atom stereocenters. The van der Waals surface area contributed by atoms with E-state index in [1.807, 2.05) is 37.3 Å². The third-order valence-corrected chi connectivity index (χ3v) is 5.07. The minimum Gasteiger partial charge on any atom is -0.352 e. The second kappa shape index (κ2) is 7.92. The van der Waals surface area contributed by atoms with Gasteiger partial charge in [-0.25, -0.2) is 4.98 Å². The molecule has 0 saturated heterocycles. The third-order valence-electron chi connectivity index (χ3n) is 4.01. The van der Waals surface area contributed by atoms with E-state index < -0.39 is 11.7 Å². The molecule has 2 aromatic carbocycles. The van der Waals surface area contributed by atoms with E-state index >= 15 is 0 Å². The molecule has 27 heavy (non-hydrogen) atoms. The summed E-state index contributed by atoms with van der Waals surface area (Å²) in [7, 11) is 0. The molecule has 3 nitrogen and oxygen atoms in total. The Bertz CT molecular complexity index is 919. The Hall–Kier alpha value is -2.67. The van der Waals surface area contributed by atoms with E-state index in [9.17, 15) is 18.0 Å². The van der Waals surface area contributed by atoms with Gasteiger partial charge in [0.2, 0.25) is 5.91 Å². The van der Waals surface area contributed by atoms with E-state index in [0.29, 0.717) is 11.3 Å². The molecule has 1 amide bonds. The van der Waals surface area contributed by atoms with Crippen molar-refractivity contribution in [1.29, 1.82) is 0 Å². The molecule has 140 valence electrons. The first-order chi connectivity index (χ1) is 12.8. The number of hydrogen-bond donors (Lipinski definition) is 1. The third kappa shape index (κ3) is 4.95. The number of alkyl halides is 3. The van der Waals surface area contributed by atoms with Crippen molar-refractivity contribution >= 4 is 17.2 Å². The van der Waals surface area contributed by atoms with Gasteiger partial charge in [-0.05, 0) is 24.6 Å². The fourth-order valence-corrected chi connectivity index (χ4v) is 3.46. The topological polar surface area (TPSA) is 42.0 Å². The Morgan fingerprint density at radius 2 is 1.74 bits per heavy atom. The molecule has 1 aromatic heterocycles. The van der Waals surface area contributed by atoms with Gasteiger partial charge in [0.25, 0.3) is 0 Å². The number of aryl methyl sites for hydroxylation is 1. The first-order valence-electron chi connectivity index (χ1n) is 8.27. The number of amides is 1. The fourth-order valence-electron chi connectivity index (χ4n) is 2.52. The molecule has 0 bridgehead atoms. The maximum Gasteiger partial charge on any atom is 0.416 e. The number of halogens is 3. The highest BCUT2D eigenvalue weighted by Gasteiger charge is 2.29. The molecule has 0 fully saturated rings. The first kappa shape index (κ1) is 19.1. The summed E-state index contributed by atoms with van der Waals surface area (Å²) in [5.74, 6) is -0.220. The van der Waals surface area contributed by atoms with Gasteiger partial charge in [0.15, 0.2) is 0 Å². The Labute approximate surface area is 158 Å². The number of thiazole rings is 1. The summed E-state index contributed by atoms with van der Waals surface area (Å²) in [5, 5.41) is 3.59. The van der Waals surface area contributed by atoms with Gasteiger partial charge in [0.1, 0.15) is 5.01 Å². The number of carbonyl (C=O) groups is 1. The highest BCUT2D eigenvalue weighted by atomic mass is 32.1. The molecular formula is C20H17F3N2OS. The summed E-state index contributed by atoms with van der Waals surface area (Å²) < 4.78 is 37.7. The maximum atomic E-state index is 12.6. The van der Waals surface area contributed by atoms with E-state index in [4.69, 9.17) is 0 Å². The smallest absolute Gasteiger partial charge is 0.352 e. The minimum absolute atomic E-state index is 0.135. The molecule has 3 aromatic rings. The second-order valence-electron chi connectivity index (χ2n) is 6.04. The molecule has 0 saturated carbocycles.